The van der Waals surface area contributed by atoms with E-state index in [0.29, 0.717) is 16.3 Å². The number of nitrogens with two attached hydrogens (primary N) is 1. The lowest BCUT2D eigenvalue weighted by molar-refractivity contribution is 0.195. The van der Waals surface area contributed by atoms with Gasteiger partial charge in [0.2, 0.25) is 0 Å². The number of nitrogen functional groups attached to an aromatic ring is 1. The molecule has 0 spiro atoms. The maximum atomic E-state index is 11.8. The Hall–Kier alpha value is -1.57. The Labute approximate surface area is 141 Å². The summed E-state index contributed by atoms with van der Waals surface area (Å²) in [6.45, 7) is 3.82. The number of benzene rings is 1. The Bertz CT molecular complexity index is 693. The third kappa shape index (κ3) is 3.60. The van der Waals surface area contributed by atoms with Gasteiger partial charge < -0.3 is 15.8 Å². The van der Waals surface area contributed by atoms with Gasteiger partial charge in [-0.2, -0.15) is 4.37 Å². The molecule has 0 aliphatic heterocycles. The van der Waals surface area contributed by atoms with Crippen LogP contribution in [0.2, 0.25) is 10.0 Å². The van der Waals surface area contributed by atoms with Crippen molar-refractivity contribution < 1.29 is 9.53 Å². The SMILES string of the molecule is CCC(C)NC(=O)Oc1nsnc1-c1c(Cl)ccc(N)c1Cl. The molecular weight excluding hydrogens is 347 g/mol. The van der Waals surface area contributed by atoms with E-state index in [-0.39, 0.29) is 22.6 Å². The first-order valence-electron chi connectivity index (χ1n) is 6.48. The second-order valence-corrected chi connectivity index (χ2v) is 5.90. The van der Waals surface area contributed by atoms with Crippen LogP contribution in [0.15, 0.2) is 12.1 Å². The minimum absolute atomic E-state index is 0.0120. The molecule has 0 bridgehead atoms. The molecule has 1 heterocycles. The zero-order valence-corrected chi connectivity index (χ0v) is 14.2. The van der Waals surface area contributed by atoms with Gasteiger partial charge in [-0.1, -0.05) is 30.1 Å². The molecule has 1 atom stereocenters. The molecule has 22 heavy (non-hydrogen) atoms. The summed E-state index contributed by atoms with van der Waals surface area (Å²) >= 11 is 13.2. The minimum atomic E-state index is -0.612. The molecular formula is C13H14Cl2N4O2S. The van der Waals surface area contributed by atoms with Crippen LogP contribution in [0, 0.1) is 0 Å². The number of carbonyl (C=O) groups is 1. The van der Waals surface area contributed by atoms with Gasteiger partial charge in [-0.3, -0.25) is 0 Å². The highest BCUT2D eigenvalue weighted by Gasteiger charge is 2.22. The molecule has 0 aliphatic carbocycles. The Kier molecular flexibility index (Phi) is 5.44. The van der Waals surface area contributed by atoms with Gasteiger partial charge in [0.25, 0.3) is 5.88 Å². The van der Waals surface area contributed by atoms with Crippen LogP contribution >= 0.6 is 34.9 Å². The van der Waals surface area contributed by atoms with Gasteiger partial charge in [-0.25, -0.2) is 4.79 Å². The van der Waals surface area contributed by atoms with Crippen LogP contribution in [0.1, 0.15) is 20.3 Å². The first-order chi connectivity index (χ1) is 10.4. The number of carbonyl (C=O) groups excluding carboxylic acids is 1. The minimum Gasteiger partial charge on any atom is -0.398 e. The van der Waals surface area contributed by atoms with Gasteiger partial charge in [0, 0.05) is 11.6 Å². The predicted molar refractivity (Wildman–Crippen MR) is 88.7 cm³/mol. The van der Waals surface area contributed by atoms with Crippen LogP contribution in [0.5, 0.6) is 5.88 Å². The molecule has 0 saturated heterocycles. The first-order valence-corrected chi connectivity index (χ1v) is 7.97. The van der Waals surface area contributed by atoms with E-state index in [1.165, 1.54) is 0 Å². The monoisotopic (exact) mass is 360 g/mol. The normalized spacial score (nSPS) is 12.0. The lowest BCUT2D eigenvalue weighted by Gasteiger charge is -2.11. The molecule has 9 heteroatoms. The number of nitrogens with zero attached hydrogens (tertiary/aromatic N) is 2. The van der Waals surface area contributed by atoms with Crippen molar-refractivity contribution in [3.8, 4) is 17.1 Å². The quantitative estimate of drug-likeness (QED) is 0.804. The molecule has 1 amide bonds. The molecule has 1 aromatic carbocycles. The van der Waals surface area contributed by atoms with E-state index in [1.54, 1.807) is 12.1 Å². The zero-order chi connectivity index (χ0) is 16.3. The lowest BCUT2D eigenvalue weighted by atomic mass is 10.1. The first kappa shape index (κ1) is 16.8. The summed E-state index contributed by atoms with van der Waals surface area (Å²) in [6.07, 6.45) is 0.170. The lowest BCUT2D eigenvalue weighted by Crippen LogP contribution is -2.34. The molecule has 6 nitrogen and oxygen atoms in total. The number of ether oxygens (including phenoxy) is 1. The van der Waals surface area contributed by atoms with E-state index < -0.39 is 6.09 Å². The van der Waals surface area contributed by atoms with Crippen molar-refractivity contribution in [2.24, 2.45) is 0 Å². The van der Waals surface area contributed by atoms with Crippen molar-refractivity contribution in [2.75, 3.05) is 5.73 Å². The number of hydrogen-bond donors (Lipinski definition) is 2. The molecule has 1 unspecified atom stereocenters. The maximum absolute atomic E-state index is 11.8. The second kappa shape index (κ2) is 7.13. The zero-order valence-electron chi connectivity index (χ0n) is 11.9. The molecule has 0 fully saturated rings. The molecule has 0 saturated carbocycles. The van der Waals surface area contributed by atoms with Gasteiger partial charge in [0.05, 0.1) is 27.5 Å². The number of aromatic nitrogens is 2. The summed E-state index contributed by atoms with van der Waals surface area (Å²) < 4.78 is 13.3. The highest BCUT2D eigenvalue weighted by Crippen LogP contribution is 2.41. The van der Waals surface area contributed by atoms with Crippen molar-refractivity contribution in [3.05, 3.63) is 22.2 Å². The van der Waals surface area contributed by atoms with Gasteiger partial charge in [-0.15, -0.1) is 4.37 Å². The van der Waals surface area contributed by atoms with Crippen molar-refractivity contribution in [3.63, 3.8) is 0 Å². The number of hydrogen-bond acceptors (Lipinski definition) is 6. The van der Waals surface area contributed by atoms with E-state index in [2.05, 4.69) is 14.1 Å². The van der Waals surface area contributed by atoms with E-state index in [9.17, 15) is 4.79 Å². The predicted octanol–water partition coefficient (Wildman–Crippen LogP) is 3.98. The van der Waals surface area contributed by atoms with Gasteiger partial charge >= 0.3 is 6.09 Å². The summed E-state index contributed by atoms with van der Waals surface area (Å²) in [5.74, 6) is 0.0419. The highest BCUT2D eigenvalue weighted by molar-refractivity contribution is 6.99. The average molecular weight is 361 g/mol. The Morgan fingerprint density at radius 1 is 1.45 bits per heavy atom. The third-order valence-corrected chi connectivity index (χ3v) is 4.22. The summed E-state index contributed by atoms with van der Waals surface area (Å²) in [5.41, 5.74) is 6.80. The van der Waals surface area contributed by atoms with E-state index in [1.807, 2.05) is 13.8 Å². The average Bonchev–Trinajstić information content (AvgIpc) is 2.91. The van der Waals surface area contributed by atoms with Crippen LogP contribution in [0.25, 0.3) is 11.3 Å². The molecule has 2 aromatic rings. The number of amides is 1. The fourth-order valence-corrected chi connectivity index (χ4v) is 2.65. The van der Waals surface area contributed by atoms with E-state index in [4.69, 9.17) is 33.7 Å². The summed E-state index contributed by atoms with van der Waals surface area (Å²) in [4.78, 5) is 11.8. The standard InChI is InChI=1S/C13H14Cl2N4O2S/c1-3-6(2)17-13(20)21-12-11(18-22-19-12)9-7(14)4-5-8(16)10(9)15/h4-6H,3,16H2,1-2H3,(H,17,20). The third-order valence-electron chi connectivity index (χ3n) is 2.98. The van der Waals surface area contributed by atoms with E-state index in [0.717, 1.165) is 18.1 Å². The van der Waals surface area contributed by atoms with Crippen LogP contribution in [-0.2, 0) is 0 Å². The van der Waals surface area contributed by atoms with Crippen LogP contribution in [-0.4, -0.2) is 20.9 Å². The molecule has 0 radical (unpaired) electrons. The number of nitrogens with one attached hydrogen (secondary N) is 1. The van der Waals surface area contributed by atoms with Crippen LogP contribution < -0.4 is 15.8 Å². The van der Waals surface area contributed by atoms with Gasteiger partial charge in [0.1, 0.15) is 0 Å². The van der Waals surface area contributed by atoms with Crippen molar-refractivity contribution >= 4 is 46.7 Å². The van der Waals surface area contributed by atoms with E-state index >= 15 is 0 Å². The van der Waals surface area contributed by atoms with Crippen molar-refractivity contribution in [2.45, 2.75) is 26.3 Å². The fourth-order valence-electron chi connectivity index (χ4n) is 1.61. The topological polar surface area (TPSA) is 90.1 Å². The molecule has 1 aromatic heterocycles. The summed E-state index contributed by atoms with van der Waals surface area (Å²) in [5, 5.41) is 3.26. The molecule has 0 aliphatic rings. The highest BCUT2D eigenvalue weighted by atomic mass is 35.5. The maximum Gasteiger partial charge on any atom is 0.414 e. The summed E-state index contributed by atoms with van der Waals surface area (Å²) in [6, 6.07) is 3.17. The molecule has 2 rings (SSSR count). The van der Waals surface area contributed by atoms with Crippen molar-refractivity contribution in [1.82, 2.24) is 14.1 Å². The Morgan fingerprint density at radius 2 is 2.18 bits per heavy atom. The number of rotatable bonds is 4. The van der Waals surface area contributed by atoms with Crippen LogP contribution in [0.4, 0.5) is 10.5 Å². The second-order valence-electron chi connectivity index (χ2n) is 4.59. The Morgan fingerprint density at radius 3 is 2.86 bits per heavy atom. The smallest absolute Gasteiger partial charge is 0.398 e. The number of halogens is 2. The number of anilines is 1. The summed E-state index contributed by atoms with van der Waals surface area (Å²) in [7, 11) is 0. The van der Waals surface area contributed by atoms with Crippen LogP contribution in [0.3, 0.4) is 0 Å². The van der Waals surface area contributed by atoms with Gasteiger partial charge in [0.15, 0.2) is 5.69 Å². The molecule has 3 N–H and O–H groups in total. The van der Waals surface area contributed by atoms with Crippen molar-refractivity contribution in [1.29, 1.82) is 0 Å². The molecule has 118 valence electrons. The largest absolute Gasteiger partial charge is 0.414 e. The van der Waals surface area contributed by atoms with Gasteiger partial charge in [-0.05, 0) is 25.5 Å². The Balaban J connectivity index is 2.31. The fraction of sp³-hybridized carbons (Fsp3) is 0.308.